The van der Waals surface area contributed by atoms with Crippen molar-refractivity contribution in [3.8, 4) is 0 Å². The first kappa shape index (κ1) is 14.6. The van der Waals surface area contributed by atoms with Crippen molar-refractivity contribution >= 4 is 11.8 Å². The molecule has 2 heterocycles. The average Bonchev–Trinajstić information content (AvgIpc) is 2.79. The standard InChI is InChI=1S/C12H13F3N2O3/c1-20-11(19)9-4-8(18)6-17(9)10-3-2-7(5-16-10)12(13,14)15/h2-3,5,8-9,18H,4,6H2,1H3/t8-,9+/m1/s1. The molecule has 2 rings (SSSR count). The van der Waals surface area contributed by atoms with Crippen LogP contribution in [0, 0.1) is 0 Å². The molecule has 20 heavy (non-hydrogen) atoms. The lowest BCUT2D eigenvalue weighted by atomic mass is 10.2. The van der Waals surface area contributed by atoms with E-state index in [1.54, 1.807) is 0 Å². The van der Waals surface area contributed by atoms with E-state index >= 15 is 0 Å². The number of halogens is 3. The Balaban J connectivity index is 2.24. The predicted octanol–water partition coefficient (Wildman–Crippen LogP) is 1.21. The van der Waals surface area contributed by atoms with E-state index in [4.69, 9.17) is 0 Å². The number of carbonyl (C=O) groups is 1. The third-order valence-electron chi connectivity index (χ3n) is 3.12. The van der Waals surface area contributed by atoms with Crippen LogP contribution in [0.2, 0.25) is 0 Å². The Hall–Kier alpha value is -1.83. The minimum atomic E-state index is -4.46. The lowest BCUT2D eigenvalue weighted by Gasteiger charge is -2.23. The van der Waals surface area contributed by atoms with Gasteiger partial charge >= 0.3 is 12.1 Å². The number of hydrogen-bond donors (Lipinski definition) is 1. The third-order valence-corrected chi connectivity index (χ3v) is 3.12. The van der Waals surface area contributed by atoms with E-state index in [-0.39, 0.29) is 18.8 Å². The minimum Gasteiger partial charge on any atom is -0.467 e. The summed E-state index contributed by atoms with van der Waals surface area (Å²) >= 11 is 0. The summed E-state index contributed by atoms with van der Waals surface area (Å²) in [6.07, 6.45) is -4.34. The zero-order chi connectivity index (χ0) is 14.9. The van der Waals surface area contributed by atoms with Gasteiger partial charge in [0.1, 0.15) is 11.9 Å². The first-order valence-corrected chi connectivity index (χ1v) is 5.88. The van der Waals surface area contributed by atoms with Crippen molar-refractivity contribution in [2.45, 2.75) is 24.7 Å². The molecule has 1 aromatic rings. The van der Waals surface area contributed by atoms with Gasteiger partial charge < -0.3 is 14.7 Å². The number of nitrogens with zero attached hydrogens (tertiary/aromatic N) is 2. The van der Waals surface area contributed by atoms with E-state index in [2.05, 4.69) is 9.72 Å². The number of hydrogen-bond acceptors (Lipinski definition) is 5. The van der Waals surface area contributed by atoms with Gasteiger partial charge in [-0.2, -0.15) is 13.2 Å². The molecule has 1 saturated heterocycles. The Kier molecular flexibility index (Phi) is 3.85. The van der Waals surface area contributed by atoms with Crippen molar-refractivity contribution < 1.29 is 27.8 Å². The highest BCUT2D eigenvalue weighted by Gasteiger charge is 2.38. The number of alkyl halides is 3. The fraction of sp³-hybridized carbons (Fsp3) is 0.500. The van der Waals surface area contributed by atoms with Crippen LogP contribution >= 0.6 is 0 Å². The summed E-state index contributed by atoms with van der Waals surface area (Å²) < 4.78 is 42.0. The highest BCUT2D eigenvalue weighted by atomic mass is 19.4. The van der Waals surface area contributed by atoms with Crippen LogP contribution in [-0.4, -0.2) is 41.9 Å². The summed E-state index contributed by atoms with van der Waals surface area (Å²) in [5.74, 6) is -0.354. The molecular formula is C12H13F3N2O3. The van der Waals surface area contributed by atoms with E-state index in [9.17, 15) is 23.1 Å². The molecule has 1 N–H and O–H groups in total. The van der Waals surface area contributed by atoms with Crippen LogP contribution in [0.5, 0.6) is 0 Å². The second-order valence-corrected chi connectivity index (χ2v) is 4.48. The first-order chi connectivity index (χ1) is 9.32. The molecule has 0 unspecified atom stereocenters. The zero-order valence-electron chi connectivity index (χ0n) is 10.6. The van der Waals surface area contributed by atoms with E-state index in [1.165, 1.54) is 18.1 Å². The summed E-state index contributed by atoms with van der Waals surface area (Å²) in [6.45, 7) is 0.123. The highest BCUT2D eigenvalue weighted by molar-refractivity contribution is 5.80. The number of carbonyl (C=O) groups excluding carboxylic acids is 1. The molecule has 0 aliphatic carbocycles. The van der Waals surface area contributed by atoms with E-state index < -0.39 is 29.9 Å². The second-order valence-electron chi connectivity index (χ2n) is 4.48. The molecule has 0 aromatic carbocycles. The maximum absolute atomic E-state index is 12.5. The molecular weight excluding hydrogens is 277 g/mol. The number of ether oxygens (including phenoxy) is 1. The molecule has 8 heteroatoms. The van der Waals surface area contributed by atoms with Crippen molar-refractivity contribution in [1.82, 2.24) is 4.98 Å². The number of methoxy groups -OCH3 is 1. The van der Waals surface area contributed by atoms with Crippen LogP contribution in [0.1, 0.15) is 12.0 Å². The molecule has 5 nitrogen and oxygen atoms in total. The molecule has 0 radical (unpaired) electrons. The fourth-order valence-electron chi connectivity index (χ4n) is 2.15. The van der Waals surface area contributed by atoms with Crippen molar-refractivity contribution in [3.05, 3.63) is 23.9 Å². The Morgan fingerprint density at radius 2 is 2.20 bits per heavy atom. The van der Waals surface area contributed by atoms with Crippen molar-refractivity contribution in [2.75, 3.05) is 18.6 Å². The van der Waals surface area contributed by atoms with E-state index in [0.29, 0.717) is 6.20 Å². The monoisotopic (exact) mass is 290 g/mol. The summed E-state index contributed by atoms with van der Waals surface area (Å²) in [7, 11) is 1.21. The van der Waals surface area contributed by atoms with E-state index in [1.807, 2.05) is 0 Å². The number of aliphatic hydroxyl groups is 1. The summed E-state index contributed by atoms with van der Waals surface area (Å²) in [5, 5.41) is 9.60. The lowest BCUT2D eigenvalue weighted by molar-refractivity contribution is -0.142. The number of anilines is 1. The van der Waals surface area contributed by atoms with Crippen molar-refractivity contribution in [3.63, 3.8) is 0 Å². The fourth-order valence-corrected chi connectivity index (χ4v) is 2.15. The van der Waals surface area contributed by atoms with Gasteiger partial charge in [0.05, 0.1) is 18.8 Å². The van der Waals surface area contributed by atoms with Crippen molar-refractivity contribution in [1.29, 1.82) is 0 Å². The van der Waals surface area contributed by atoms with Gasteiger partial charge in [-0.15, -0.1) is 0 Å². The maximum atomic E-state index is 12.5. The van der Waals surface area contributed by atoms with Crippen LogP contribution in [-0.2, 0) is 15.7 Å². The topological polar surface area (TPSA) is 62.7 Å². The van der Waals surface area contributed by atoms with Gasteiger partial charge in [-0.3, -0.25) is 0 Å². The van der Waals surface area contributed by atoms with Gasteiger partial charge in [0.2, 0.25) is 0 Å². The van der Waals surface area contributed by atoms with Gasteiger partial charge in [-0.1, -0.05) is 0 Å². The molecule has 0 bridgehead atoms. The summed E-state index contributed by atoms with van der Waals surface area (Å²) in [6, 6.07) is 1.33. The normalized spacial score (nSPS) is 22.9. The Labute approximate surface area is 113 Å². The summed E-state index contributed by atoms with van der Waals surface area (Å²) in [4.78, 5) is 16.7. The van der Waals surface area contributed by atoms with Crippen LogP contribution in [0.3, 0.4) is 0 Å². The largest absolute Gasteiger partial charge is 0.467 e. The number of β-amino-alcohol motifs (C(OH)–C–C–N with tert-alkyl or cyclic N) is 1. The number of aromatic nitrogens is 1. The molecule has 0 spiro atoms. The van der Waals surface area contributed by atoms with Crippen LogP contribution in [0.25, 0.3) is 0 Å². The Morgan fingerprint density at radius 3 is 2.70 bits per heavy atom. The number of esters is 1. The Morgan fingerprint density at radius 1 is 1.50 bits per heavy atom. The first-order valence-electron chi connectivity index (χ1n) is 5.88. The lowest BCUT2D eigenvalue weighted by Crippen LogP contribution is -2.37. The second kappa shape index (κ2) is 5.28. The van der Waals surface area contributed by atoms with Gasteiger partial charge in [0.25, 0.3) is 0 Å². The Bertz CT molecular complexity index is 490. The molecule has 1 aliphatic heterocycles. The zero-order valence-corrected chi connectivity index (χ0v) is 10.6. The maximum Gasteiger partial charge on any atom is 0.417 e. The molecule has 0 amide bonds. The van der Waals surface area contributed by atoms with Crippen LogP contribution < -0.4 is 4.90 Å². The molecule has 110 valence electrons. The average molecular weight is 290 g/mol. The molecule has 1 aromatic heterocycles. The van der Waals surface area contributed by atoms with Gasteiger partial charge in [-0.25, -0.2) is 9.78 Å². The number of pyridine rings is 1. The van der Waals surface area contributed by atoms with Crippen LogP contribution in [0.15, 0.2) is 18.3 Å². The molecule has 0 saturated carbocycles. The van der Waals surface area contributed by atoms with Crippen molar-refractivity contribution in [2.24, 2.45) is 0 Å². The number of aliphatic hydroxyl groups excluding tert-OH is 1. The minimum absolute atomic E-state index is 0.123. The van der Waals surface area contributed by atoms with Crippen LogP contribution in [0.4, 0.5) is 19.0 Å². The predicted molar refractivity (Wildman–Crippen MR) is 63.0 cm³/mol. The quantitative estimate of drug-likeness (QED) is 0.830. The molecule has 2 atom stereocenters. The van der Waals surface area contributed by atoms with Gasteiger partial charge in [0, 0.05) is 19.2 Å². The molecule has 1 fully saturated rings. The van der Waals surface area contributed by atoms with Gasteiger partial charge in [0.15, 0.2) is 0 Å². The third kappa shape index (κ3) is 2.84. The smallest absolute Gasteiger partial charge is 0.417 e. The molecule has 1 aliphatic rings. The summed E-state index contributed by atoms with van der Waals surface area (Å²) in [5.41, 5.74) is -0.865. The number of rotatable bonds is 2. The van der Waals surface area contributed by atoms with Gasteiger partial charge in [-0.05, 0) is 12.1 Å². The SMILES string of the molecule is COC(=O)[C@@H]1C[C@@H](O)CN1c1ccc(C(F)(F)F)cn1. The highest BCUT2D eigenvalue weighted by Crippen LogP contribution is 2.31. The van der Waals surface area contributed by atoms with E-state index in [0.717, 1.165) is 6.07 Å².